The summed E-state index contributed by atoms with van der Waals surface area (Å²) in [6.07, 6.45) is 11.4. The molecule has 0 atom stereocenters. The predicted molar refractivity (Wildman–Crippen MR) is 273 cm³/mol. The minimum Gasteiger partial charge on any atom is -0.264 e. The summed E-state index contributed by atoms with van der Waals surface area (Å²) in [6, 6.07) is 47.5. The maximum atomic E-state index is 4.45. The first kappa shape index (κ1) is 42.2. The zero-order chi connectivity index (χ0) is 44.6. The summed E-state index contributed by atoms with van der Waals surface area (Å²) in [6.45, 7) is 20.1. The van der Waals surface area contributed by atoms with Crippen LogP contribution in [0.1, 0.15) is 50.1 Å². The van der Waals surface area contributed by atoms with Crippen molar-refractivity contribution in [3.8, 4) is 66.8 Å². The van der Waals surface area contributed by atoms with Gasteiger partial charge in [-0.1, -0.05) is 126 Å². The number of aromatic nitrogens is 3. The van der Waals surface area contributed by atoms with Gasteiger partial charge in [0.25, 0.3) is 0 Å². The zero-order valence-electron chi connectivity index (χ0n) is 38.5. The van der Waals surface area contributed by atoms with Crippen molar-refractivity contribution in [2.45, 2.75) is 62.3 Å². The quantitative estimate of drug-likeness (QED) is 0.136. The Balaban J connectivity index is 1.14. The van der Waals surface area contributed by atoms with Crippen LogP contribution < -0.4 is 16.4 Å². The second-order valence-corrected chi connectivity index (χ2v) is 17.7. The fraction of sp³-hybridized carbons (Fsp3) is 0.150. The number of hydrogen-bond acceptors (Lipinski definition) is 3. The Bertz CT molecular complexity index is 2800. The molecule has 64 heavy (non-hydrogen) atoms. The van der Waals surface area contributed by atoms with E-state index in [0.29, 0.717) is 0 Å². The Morgan fingerprint density at radius 2 is 0.516 bits per heavy atom. The maximum Gasteiger partial charge on any atom is 0.241 e. The zero-order valence-corrected chi connectivity index (χ0v) is 38.5. The third-order valence-corrected chi connectivity index (χ3v) is 13.4. The number of rotatable bonds is 9. The van der Waals surface area contributed by atoms with Gasteiger partial charge in [-0.15, -0.1) is 0 Å². The van der Waals surface area contributed by atoms with Gasteiger partial charge in [0.2, 0.25) is 6.71 Å². The Kier molecular flexibility index (Phi) is 11.6. The first-order valence-electron chi connectivity index (χ1n) is 22.3. The van der Waals surface area contributed by atoms with Gasteiger partial charge in [0.15, 0.2) is 0 Å². The van der Waals surface area contributed by atoms with Gasteiger partial charge in [-0.25, -0.2) is 0 Å². The van der Waals surface area contributed by atoms with E-state index >= 15 is 0 Å². The number of benzene rings is 6. The summed E-state index contributed by atoms with van der Waals surface area (Å²) in [5.74, 6) is 0. The van der Waals surface area contributed by atoms with Crippen LogP contribution in [0.2, 0.25) is 0 Å². The molecule has 3 aromatic heterocycles. The van der Waals surface area contributed by atoms with Crippen molar-refractivity contribution in [3.63, 3.8) is 0 Å². The van der Waals surface area contributed by atoms with E-state index in [2.05, 4.69) is 186 Å². The molecule has 0 fully saturated rings. The van der Waals surface area contributed by atoms with Crippen LogP contribution in [0.25, 0.3) is 66.8 Å². The molecule has 4 heteroatoms. The van der Waals surface area contributed by atoms with Gasteiger partial charge in [0.1, 0.15) is 0 Å². The Hall–Kier alpha value is -7.17. The van der Waals surface area contributed by atoms with E-state index < -0.39 is 0 Å². The SMILES string of the molecule is Cc1cc(C)c(-c2cccnc2)c(C)c1-c1ccc(B(c2ccc(-c3c(C)cc(C)c(-c4cccnc4)c3C)cc2)c2ccc(-c3c(C)cc(C)c(-c4cccnc4)c3C)cc2)cc1. The second kappa shape index (κ2) is 17.5. The highest BCUT2D eigenvalue weighted by Gasteiger charge is 2.24. The molecule has 0 saturated heterocycles. The molecule has 0 aliphatic heterocycles. The van der Waals surface area contributed by atoms with Crippen LogP contribution in [-0.2, 0) is 0 Å². The molecule has 0 aliphatic carbocycles. The number of nitrogens with zero attached hydrogens (tertiary/aromatic N) is 3. The smallest absolute Gasteiger partial charge is 0.241 e. The third-order valence-electron chi connectivity index (χ3n) is 13.4. The fourth-order valence-corrected chi connectivity index (χ4v) is 10.9. The lowest BCUT2D eigenvalue weighted by molar-refractivity contribution is 1.28. The molecule has 0 aliphatic rings. The van der Waals surface area contributed by atoms with Gasteiger partial charge in [-0.3, -0.25) is 15.0 Å². The highest BCUT2D eigenvalue weighted by molar-refractivity contribution is 6.95. The second-order valence-electron chi connectivity index (χ2n) is 17.7. The third kappa shape index (κ3) is 7.79. The van der Waals surface area contributed by atoms with Crippen LogP contribution in [0, 0.1) is 62.3 Å². The Morgan fingerprint density at radius 1 is 0.281 bits per heavy atom. The van der Waals surface area contributed by atoms with Gasteiger partial charge in [-0.2, -0.15) is 0 Å². The van der Waals surface area contributed by atoms with Crippen molar-refractivity contribution < 1.29 is 0 Å². The first-order chi connectivity index (χ1) is 31.0. The summed E-state index contributed by atoms with van der Waals surface area (Å²) >= 11 is 0. The number of pyridine rings is 3. The maximum absolute atomic E-state index is 4.45. The van der Waals surface area contributed by atoms with E-state index in [1.54, 1.807) is 0 Å². The van der Waals surface area contributed by atoms with Gasteiger partial charge in [0, 0.05) is 53.9 Å². The van der Waals surface area contributed by atoms with E-state index in [-0.39, 0.29) is 6.71 Å². The molecule has 0 saturated carbocycles. The van der Waals surface area contributed by atoms with Crippen molar-refractivity contribution in [1.82, 2.24) is 15.0 Å². The first-order valence-corrected chi connectivity index (χ1v) is 22.3. The molecule has 3 heterocycles. The van der Waals surface area contributed by atoms with Crippen LogP contribution in [0.5, 0.6) is 0 Å². The summed E-state index contributed by atoms with van der Waals surface area (Å²) in [5, 5.41) is 0. The topological polar surface area (TPSA) is 38.7 Å². The van der Waals surface area contributed by atoms with Gasteiger partial charge in [-0.05, 0) is 181 Å². The largest absolute Gasteiger partial charge is 0.264 e. The molecule has 0 bridgehead atoms. The van der Waals surface area contributed by atoms with Crippen LogP contribution in [-0.4, -0.2) is 21.7 Å². The molecule has 9 rings (SSSR count). The Morgan fingerprint density at radius 3 is 0.734 bits per heavy atom. The lowest BCUT2D eigenvalue weighted by atomic mass is 9.37. The van der Waals surface area contributed by atoms with E-state index in [0.717, 1.165) is 16.7 Å². The molecular formula is C60H54BN3. The van der Waals surface area contributed by atoms with Gasteiger partial charge >= 0.3 is 0 Å². The highest BCUT2D eigenvalue weighted by atomic mass is 14.6. The molecule has 0 amide bonds. The molecule has 312 valence electrons. The molecular weight excluding hydrogens is 773 g/mol. The van der Waals surface area contributed by atoms with Crippen molar-refractivity contribution in [2.75, 3.05) is 0 Å². The summed E-state index contributed by atoms with van der Waals surface area (Å²) in [4.78, 5) is 13.4. The highest BCUT2D eigenvalue weighted by Crippen LogP contribution is 2.39. The monoisotopic (exact) mass is 827 g/mol. The standard InChI is InChI=1S/C60H54BN3/c1-37-31-40(4)58(49-13-10-28-62-34-49)43(7)55(37)46-16-22-52(23-17-46)61(53-24-18-47(19-25-53)56-38(2)32-41(5)59(44(56)8)50-14-11-29-63-35-50)54-26-20-48(21-27-54)57-39(3)33-42(6)60(45(57)9)51-15-12-30-64-36-51/h10-36H,1-9H3. The lowest BCUT2D eigenvalue weighted by Crippen LogP contribution is -2.51. The van der Waals surface area contributed by atoms with Crippen molar-refractivity contribution in [3.05, 3.63) is 215 Å². The van der Waals surface area contributed by atoms with Crippen LogP contribution in [0.4, 0.5) is 0 Å². The van der Waals surface area contributed by atoms with E-state index in [1.165, 1.54) is 117 Å². The Labute approximate surface area is 380 Å². The lowest BCUT2D eigenvalue weighted by Gasteiger charge is -2.21. The normalized spacial score (nSPS) is 11.2. The molecule has 0 N–H and O–H groups in total. The number of hydrogen-bond donors (Lipinski definition) is 0. The minimum absolute atomic E-state index is 0.0145. The van der Waals surface area contributed by atoms with Gasteiger partial charge in [0.05, 0.1) is 0 Å². The van der Waals surface area contributed by atoms with Crippen molar-refractivity contribution in [1.29, 1.82) is 0 Å². The fourth-order valence-electron chi connectivity index (χ4n) is 10.9. The molecule has 3 nitrogen and oxygen atoms in total. The summed E-state index contributed by atoms with van der Waals surface area (Å²) < 4.78 is 0. The van der Waals surface area contributed by atoms with Gasteiger partial charge < -0.3 is 0 Å². The number of aryl methyl sites for hydroxylation is 6. The molecule has 0 radical (unpaired) electrons. The van der Waals surface area contributed by atoms with E-state index in [1.807, 2.05) is 55.4 Å². The summed E-state index contributed by atoms with van der Waals surface area (Å²) in [5.41, 5.74) is 30.0. The van der Waals surface area contributed by atoms with Crippen LogP contribution >= 0.6 is 0 Å². The minimum atomic E-state index is 0.0145. The van der Waals surface area contributed by atoms with E-state index in [4.69, 9.17) is 0 Å². The van der Waals surface area contributed by atoms with Crippen molar-refractivity contribution >= 4 is 23.1 Å². The van der Waals surface area contributed by atoms with Crippen LogP contribution in [0.3, 0.4) is 0 Å². The summed E-state index contributed by atoms with van der Waals surface area (Å²) in [7, 11) is 0. The molecule has 0 spiro atoms. The average Bonchev–Trinajstić information content (AvgIpc) is 3.29. The predicted octanol–water partition coefficient (Wildman–Crippen LogP) is 13.2. The molecule has 6 aromatic carbocycles. The molecule has 9 aromatic rings. The van der Waals surface area contributed by atoms with Crippen molar-refractivity contribution in [2.24, 2.45) is 0 Å². The molecule has 0 unspecified atom stereocenters. The average molecular weight is 828 g/mol. The van der Waals surface area contributed by atoms with E-state index in [9.17, 15) is 0 Å². The van der Waals surface area contributed by atoms with Crippen LogP contribution in [0.15, 0.2) is 165 Å².